The summed E-state index contributed by atoms with van der Waals surface area (Å²) < 4.78 is 5.20. The zero-order valence-corrected chi connectivity index (χ0v) is 19.1. The molecule has 5 rings (SSSR count). The number of rotatable bonds is 5. The molecule has 1 aliphatic heterocycles. The average molecular weight is 466 g/mol. The van der Waals surface area contributed by atoms with Gasteiger partial charge in [-0.05, 0) is 66.6 Å². The quantitative estimate of drug-likeness (QED) is 0.449. The molecule has 174 valence electrons. The number of carbonyl (C=O) groups excluding carboxylic acids is 3. The van der Waals surface area contributed by atoms with Crippen LogP contribution >= 0.6 is 0 Å². The Morgan fingerprint density at radius 1 is 0.886 bits per heavy atom. The first kappa shape index (κ1) is 22.2. The molecule has 4 aromatic rings. The number of nitrogens with one attached hydrogen (secondary N) is 1. The van der Waals surface area contributed by atoms with Gasteiger partial charge in [0.1, 0.15) is 0 Å². The van der Waals surface area contributed by atoms with E-state index in [1.165, 1.54) is 16.7 Å². The maximum absolute atomic E-state index is 13.1. The lowest BCUT2D eigenvalue weighted by Crippen LogP contribution is -2.29. The van der Waals surface area contributed by atoms with Gasteiger partial charge in [-0.3, -0.25) is 14.4 Å². The van der Waals surface area contributed by atoms with Crippen molar-refractivity contribution in [3.05, 3.63) is 114 Å². The van der Waals surface area contributed by atoms with Gasteiger partial charge in [-0.2, -0.15) is 0 Å². The van der Waals surface area contributed by atoms with Crippen LogP contribution in [0.15, 0.2) is 95.6 Å². The van der Waals surface area contributed by atoms with Crippen molar-refractivity contribution in [2.75, 3.05) is 28.7 Å². The van der Waals surface area contributed by atoms with Crippen molar-refractivity contribution in [3.8, 4) is 0 Å². The Morgan fingerprint density at radius 3 is 2.40 bits per heavy atom. The maximum atomic E-state index is 13.1. The molecule has 7 nitrogen and oxygen atoms in total. The molecular formula is C28H23N3O4. The zero-order valence-electron chi connectivity index (χ0n) is 19.1. The minimum atomic E-state index is -0.368. The number of hydrogen-bond acceptors (Lipinski definition) is 4. The highest BCUT2D eigenvalue weighted by Gasteiger charge is 2.25. The fourth-order valence-corrected chi connectivity index (χ4v) is 4.23. The van der Waals surface area contributed by atoms with Gasteiger partial charge in [-0.15, -0.1) is 0 Å². The summed E-state index contributed by atoms with van der Waals surface area (Å²) in [6.07, 6.45) is 2.27. The van der Waals surface area contributed by atoms with Crippen LogP contribution in [0.5, 0.6) is 0 Å². The van der Waals surface area contributed by atoms with Crippen LogP contribution in [0.1, 0.15) is 36.8 Å². The summed E-state index contributed by atoms with van der Waals surface area (Å²) in [6.45, 7) is 0.650. The van der Waals surface area contributed by atoms with Gasteiger partial charge in [0.25, 0.3) is 17.7 Å². The molecule has 0 spiro atoms. The average Bonchev–Trinajstić information content (AvgIpc) is 3.58. The number of anilines is 3. The van der Waals surface area contributed by atoms with Gasteiger partial charge in [0.2, 0.25) is 0 Å². The normalized spacial score (nSPS) is 12.2. The molecule has 2 heterocycles. The van der Waals surface area contributed by atoms with Crippen LogP contribution in [0, 0.1) is 0 Å². The Balaban J connectivity index is 1.31. The molecule has 0 saturated heterocycles. The molecule has 3 aromatic carbocycles. The summed E-state index contributed by atoms with van der Waals surface area (Å²) in [7, 11) is 1.59. The number of hydrogen-bond donors (Lipinski definition) is 1. The predicted molar refractivity (Wildman–Crippen MR) is 134 cm³/mol. The number of carbonyl (C=O) groups is 3. The monoisotopic (exact) mass is 465 g/mol. The summed E-state index contributed by atoms with van der Waals surface area (Å²) in [5.74, 6) is -0.617. The molecule has 1 aliphatic rings. The summed E-state index contributed by atoms with van der Waals surface area (Å²) in [6, 6.07) is 24.8. The highest BCUT2D eigenvalue weighted by atomic mass is 16.3. The van der Waals surface area contributed by atoms with Crippen molar-refractivity contribution in [1.29, 1.82) is 0 Å². The van der Waals surface area contributed by atoms with Gasteiger partial charge in [0.05, 0.1) is 17.5 Å². The summed E-state index contributed by atoms with van der Waals surface area (Å²) in [5, 5.41) is 2.85. The van der Waals surface area contributed by atoms with Crippen molar-refractivity contribution in [2.24, 2.45) is 0 Å². The van der Waals surface area contributed by atoms with Gasteiger partial charge < -0.3 is 19.5 Å². The third kappa shape index (κ3) is 4.31. The maximum Gasteiger partial charge on any atom is 0.293 e. The highest BCUT2D eigenvalue weighted by molar-refractivity contribution is 6.13. The van der Waals surface area contributed by atoms with E-state index >= 15 is 0 Å². The minimum Gasteiger partial charge on any atom is -0.459 e. The molecule has 0 unspecified atom stereocenters. The lowest BCUT2D eigenvalue weighted by Gasteiger charge is -2.19. The molecule has 0 atom stereocenters. The number of para-hydroxylation sites is 2. The van der Waals surface area contributed by atoms with Gasteiger partial charge in [-0.25, -0.2) is 0 Å². The molecule has 1 aromatic heterocycles. The first-order valence-corrected chi connectivity index (χ1v) is 11.2. The van der Waals surface area contributed by atoms with E-state index in [0.717, 1.165) is 12.1 Å². The summed E-state index contributed by atoms with van der Waals surface area (Å²) in [5.41, 5.74) is 3.99. The van der Waals surface area contributed by atoms with Crippen LogP contribution in [-0.2, 0) is 6.42 Å². The van der Waals surface area contributed by atoms with Crippen molar-refractivity contribution in [3.63, 3.8) is 0 Å². The van der Waals surface area contributed by atoms with Gasteiger partial charge in [0, 0.05) is 30.5 Å². The lowest BCUT2D eigenvalue weighted by molar-refractivity contribution is 0.0964. The molecule has 3 amide bonds. The van der Waals surface area contributed by atoms with E-state index in [2.05, 4.69) is 5.32 Å². The van der Waals surface area contributed by atoms with E-state index in [4.69, 9.17) is 4.42 Å². The molecule has 0 bridgehead atoms. The number of amides is 3. The van der Waals surface area contributed by atoms with Crippen LogP contribution in [0.25, 0.3) is 0 Å². The van der Waals surface area contributed by atoms with Crippen LogP contribution in [0.2, 0.25) is 0 Å². The molecule has 0 radical (unpaired) electrons. The molecule has 0 saturated carbocycles. The number of nitrogens with zero attached hydrogens (tertiary/aromatic N) is 2. The fraction of sp³-hybridized carbons (Fsp3) is 0.107. The second-order valence-electron chi connectivity index (χ2n) is 8.23. The van der Waals surface area contributed by atoms with E-state index < -0.39 is 0 Å². The Hall–Kier alpha value is -4.65. The Kier molecular flexibility index (Phi) is 5.89. The van der Waals surface area contributed by atoms with Crippen molar-refractivity contribution in [1.82, 2.24) is 0 Å². The Morgan fingerprint density at radius 2 is 1.63 bits per heavy atom. The van der Waals surface area contributed by atoms with E-state index in [1.807, 2.05) is 24.3 Å². The summed E-state index contributed by atoms with van der Waals surface area (Å²) >= 11 is 0. The van der Waals surface area contributed by atoms with E-state index in [0.29, 0.717) is 29.0 Å². The largest absolute Gasteiger partial charge is 0.459 e. The Bertz CT molecular complexity index is 1390. The Labute approximate surface area is 202 Å². The zero-order chi connectivity index (χ0) is 24.4. The number of fused-ring (bicyclic) bond motifs is 1. The van der Waals surface area contributed by atoms with Crippen molar-refractivity contribution < 1.29 is 18.8 Å². The van der Waals surface area contributed by atoms with Crippen LogP contribution in [-0.4, -0.2) is 31.3 Å². The van der Waals surface area contributed by atoms with Crippen molar-refractivity contribution >= 4 is 34.8 Å². The van der Waals surface area contributed by atoms with Crippen molar-refractivity contribution in [2.45, 2.75) is 6.42 Å². The second-order valence-corrected chi connectivity index (χ2v) is 8.23. The molecule has 0 fully saturated rings. The van der Waals surface area contributed by atoms with Gasteiger partial charge in [0.15, 0.2) is 5.76 Å². The first-order chi connectivity index (χ1) is 17.0. The second kappa shape index (κ2) is 9.30. The van der Waals surface area contributed by atoms with E-state index in [9.17, 15) is 14.4 Å². The molecule has 35 heavy (non-hydrogen) atoms. The van der Waals surface area contributed by atoms with Gasteiger partial charge in [-0.1, -0.05) is 30.3 Å². The smallest absolute Gasteiger partial charge is 0.293 e. The van der Waals surface area contributed by atoms with Crippen LogP contribution in [0.4, 0.5) is 17.1 Å². The summed E-state index contributed by atoms with van der Waals surface area (Å²) in [4.78, 5) is 42.0. The topological polar surface area (TPSA) is 82.9 Å². The van der Waals surface area contributed by atoms with Crippen LogP contribution in [0.3, 0.4) is 0 Å². The highest BCUT2D eigenvalue weighted by Crippen LogP contribution is 2.29. The van der Waals surface area contributed by atoms with E-state index in [-0.39, 0.29) is 23.5 Å². The minimum absolute atomic E-state index is 0.0729. The number of furan rings is 1. The third-order valence-corrected chi connectivity index (χ3v) is 6.07. The van der Waals surface area contributed by atoms with E-state index in [1.54, 1.807) is 72.6 Å². The first-order valence-electron chi connectivity index (χ1n) is 11.2. The molecule has 0 aliphatic carbocycles. The molecule has 1 N–H and O–H groups in total. The lowest BCUT2D eigenvalue weighted by atomic mass is 10.1. The molecule has 7 heteroatoms. The third-order valence-electron chi connectivity index (χ3n) is 6.07. The fourth-order valence-electron chi connectivity index (χ4n) is 4.23. The predicted octanol–water partition coefficient (Wildman–Crippen LogP) is 5.01. The van der Waals surface area contributed by atoms with Gasteiger partial charge >= 0.3 is 0 Å². The standard InChI is InChI=1S/C28H23N3O4/c1-30(28(34)25-11-6-18-35-25)24-10-5-3-8-22(24)26(32)29-21-14-12-20(13-15-21)27(33)31-17-16-19-7-2-4-9-23(19)31/h2-15,18H,16-17H2,1H3,(H,29,32). The SMILES string of the molecule is CN(C(=O)c1ccco1)c1ccccc1C(=O)Nc1ccc(C(=O)N2CCc3ccccc32)cc1. The molecular weight excluding hydrogens is 442 g/mol. The van der Waals surface area contributed by atoms with Crippen LogP contribution < -0.4 is 15.1 Å². The number of benzene rings is 3.